The van der Waals surface area contributed by atoms with E-state index in [1.807, 2.05) is 0 Å². The first-order valence-corrected chi connectivity index (χ1v) is 4.70. The first-order chi connectivity index (χ1) is 4.84. The molecule has 0 radical (unpaired) electrons. The monoisotopic (exact) mass is 160 g/mol. The summed E-state index contributed by atoms with van der Waals surface area (Å²) >= 11 is 4.10. The van der Waals surface area contributed by atoms with Crippen LogP contribution >= 0.6 is 12.6 Å². The molecule has 1 aliphatic carbocycles. The molecular formula is C8H16OS. The van der Waals surface area contributed by atoms with E-state index in [0.717, 1.165) is 18.3 Å². The minimum absolute atomic E-state index is 0.534. The highest BCUT2D eigenvalue weighted by atomic mass is 32.1. The summed E-state index contributed by atoms with van der Waals surface area (Å²) in [7, 11) is 0. The van der Waals surface area contributed by atoms with Crippen LogP contribution in [0.25, 0.3) is 0 Å². The van der Waals surface area contributed by atoms with Crippen molar-refractivity contribution >= 4 is 12.6 Å². The summed E-state index contributed by atoms with van der Waals surface area (Å²) in [5.41, 5.74) is 0. The molecule has 2 atom stereocenters. The Morgan fingerprint density at radius 1 is 1.50 bits per heavy atom. The Morgan fingerprint density at radius 2 is 2.30 bits per heavy atom. The maximum absolute atomic E-state index is 5.59. The molecule has 0 spiro atoms. The summed E-state index contributed by atoms with van der Waals surface area (Å²) in [5.74, 6) is 1.63. The average molecular weight is 160 g/mol. The third-order valence-electron chi connectivity index (χ3n) is 2.21. The third kappa shape index (κ3) is 2.17. The van der Waals surface area contributed by atoms with Gasteiger partial charge in [0.05, 0.1) is 12.7 Å². The zero-order valence-corrected chi connectivity index (χ0v) is 7.44. The Bertz CT molecular complexity index is 95.3. The predicted molar refractivity (Wildman–Crippen MR) is 46.6 cm³/mol. The molecule has 60 valence electrons. The second-order valence-electron chi connectivity index (χ2n) is 3.04. The van der Waals surface area contributed by atoms with Crippen molar-refractivity contribution in [1.82, 2.24) is 0 Å². The second kappa shape index (κ2) is 4.24. The predicted octanol–water partition coefficient (Wildman–Crippen LogP) is 2.12. The fourth-order valence-corrected chi connectivity index (χ4v) is 1.67. The van der Waals surface area contributed by atoms with Gasteiger partial charge >= 0.3 is 0 Å². The van der Waals surface area contributed by atoms with Crippen LogP contribution in [0, 0.1) is 5.92 Å². The van der Waals surface area contributed by atoms with Gasteiger partial charge < -0.3 is 4.74 Å². The van der Waals surface area contributed by atoms with E-state index in [-0.39, 0.29) is 0 Å². The molecule has 0 aromatic rings. The molecule has 2 unspecified atom stereocenters. The van der Waals surface area contributed by atoms with E-state index in [9.17, 15) is 0 Å². The summed E-state index contributed by atoms with van der Waals surface area (Å²) in [5, 5.41) is 0. The lowest BCUT2D eigenvalue weighted by Gasteiger charge is -2.14. The highest BCUT2D eigenvalue weighted by molar-refractivity contribution is 7.80. The molecule has 0 aliphatic heterocycles. The van der Waals surface area contributed by atoms with E-state index in [4.69, 9.17) is 4.74 Å². The summed E-state index contributed by atoms with van der Waals surface area (Å²) in [6.07, 6.45) is 4.48. The molecule has 0 N–H and O–H groups in total. The van der Waals surface area contributed by atoms with Crippen LogP contribution in [0.5, 0.6) is 0 Å². The molecule has 1 nitrogen and oxygen atoms in total. The van der Waals surface area contributed by atoms with Crippen molar-refractivity contribution in [1.29, 1.82) is 0 Å². The molecule has 0 saturated heterocycles. The molecular weight excluding hydrogens is 144 g/mol. The molecule has 10 heavy (non-hydrogen) atoms. The van der Waals surface area contributed by atoms with Crippen molar-refractivity contribution in [2.75, 3.05) is 12.4 Å². The maximum atomic E-state index is 5.59. The number of hydrogen-bond donors (Lipinski definition) is 1. The van der Waals surface area contributed by atoms with Gasteiger partial charge in [0, 0.05) is 5.75 Å². The van der Waals surface area contributed by atoms with Gasteiger partial charge in [-0.05, 0) is 18.8 Å². The number of ether oxygens (including phenoxy) is 1. The Kier molecular flexibility index (Phi) is 3.57. The molecule has 0 aromatic heterocycles. The molecule has 1 fully saturated rings. The summed E-state index contributed by atoms with van der Waals surface area (Å²) in [6, 6.07) is 0. The lowest BCUT2D eigenvalue weighted by Crippen LogP contribution is -2.16. The van der Waals surface area contributed by atoms with Crippen LogP contribution in [0.1, 0.15) is 26.2 Å². The van der Waals surface area contributed by atoms with Gasteiger partial charge in [-0.15, -0.1) is 0 Å². The van der Waals surface area contributed by atoms with Gasteiger partial charge in [0.15, 0.2) is 0 Å². The first-order valence-electron chi connectivity index (χ1n) is 4.07. The molecule has 2 heteroatoms. The molecule has 0 bridgehead atoms. The van der Waals surface area contributed by atoms with Crippen LogP contribution in [0.3, 0.4) is 0 Å². The largest absolute Gasteiger partial charge is 0.377 e. The van der Waals surface area contributed by atoms with Crippen LogP contribution in [-0.4, -0.2) is 18.5 Å². The number of rotatable bonds is 3. The van der Waals surface area contributed by atoms with E-state index < -0.39 is 0 Å². The zero-order chi connectivity index (χ0) is 7.40. The smallest absolute Gasteiger partial charge is 0.0601 e. The van der Waals surface area contributed by atoms with E-state index in [2.05, 4.69) is 19.6 Å². The van der Waals surface area contributed by atoms with E-state index >= 15 is 0 Å². The van der Waals surface area contributed by atoms with Crippen LogP contribution in [0.15, 0.2) is 0 Å². The number of hydrogen-bond acceptors (Lipinski definition) is 2. The molecule has 0 aromatic carbocycles. The SMILES string of the molecule is CC1CCCC1OCCS. The highest BCUT2D eigenvalue weighted by Crippen LogP contribution is 2.27. The van der Waals surface area contributed by atoms with Crippen molar-refractivity contribution in [3.63, 3.8) is 0 Å². The number of thiol groups is 1. The molecule has 1 aliphatic rings. The van der Waals surface area contributed by atoms with E-state index in [1.54, 1.807) is 0 Å². The van der Waals surface area contributed by atoms with Crippen LogP contribution in [-0.2, 0) is 4.74 Å². The standard InChI is InChI=1S/C8H16OS/c1-7-3-2-4-8(7)9-5-6-10/h7-8,10H,2-6H2,1H3. The lowest BCUT2D eigenvalue weighted by molar-refractivity contribution is 0.0433. The maximum Gasteiger partial charge on any atom is 0.0601 e. The average Bonchev–Trinajstić information content (AvgIpc) is 2.31. The van der Waals surface area contributed by atoms with Crippen LogP contribution in [0.2, 0.25) is 0 Å². The molecule has 1 rings (SSSR count). The topological polar surface area (TPSA) is 9.23 Å². The van der Waals surface area contributed by atoms with Crippen molar-refractivity contribution in [2.45, 2.75) is 32.3 Å². The van der Waals surface area contributed by atoms with Gasteiger partial charge in [-0.1, -0.05) is 13.3 Å². The van der Waals surface area contributed by atoms with Gasteiger partial charge in [-0.2, -0.15) is 12.6 Å². The summed E-state index contributed by atoms with van der Waals surface area (Å²) in [6.45, 7) is 3.09. The fraction of sp³-hybridized carbons (Fsp3) is 1.00. The quantitative estimate of drug-likeness (QED) is 0.622. The second-order valence-corrected chi connectivity index (χ2v) is 3.49. The van der Waals surface area contributed by atoms with Crippen molar-refractivity contribution in [2.24, 2.45) is 5.92 Å². The van der Waals surface area contributed by atoms with Gasteiger partial charge in [0.2, 0.25) is 0 Å². The normalized spacial score (nSPS) is 33.0. The van der Waals surface area contributed by atoms with Crippen molar-refractivity contribution in [3.05, 3.63) is 0 Å². The Balaban J connectivity index is 2.14. The highest BCUT2D eigenvalue weighted by Gasteiger charge is 2.23. The first kappa shape index (κ1) is 8.41. The minimum atomic E-state index is 0.534. The van der Waals surface area contributed by atoms with Crippen LogP contribution in [0.4, 0.5) is 0 Å². The summed E-state index contributed by atoms with van der Waals surface area (Å²) in [4.78, 5) is 0. The Morgan fingerprint density at radius 3 is 2.80 bits per heavy atom. The van der Waals surface area contributed by atoms with E-state index in [0.29, 0.717) is 6.10 Å². The fourth-order valence-electron chi connectivity index (χ4n) is 1.56. The van der Waals surface area contributed by atoms with Gasteiger partial charge in [0.25, 0.3) is 0 Å². The Labute approximate surface area is 68.6 Å². The van der Waals surface area contributed by atoms with Crippen molar-refractivity contribution in [3.8, 4) is 0 Å². The van der Waals surface area contributed by atoms with Crippen LogP contribution < -0.4 is 0 Å². The molecule has 0 amide bonds. The lowest BCUT2D eigenvalue weighted by atomic mass is 10.1. The molecule has 0 heterocycles. The Hall–Kier alpha value is 0.310. The molecule has 1 saturated carbocycles. The van der Waals surface area contributed by atoms with E-state index in [1.165, 1.54) is 19.3 Å². The van der Waals surface area contributed by atoms with Gasteiger partial charge in [-0.3, -0.25) is 0 Å². The van der Waals surface area contributed by atoms with Gasteiger partial charge in [-0.25, -0.2) is 0 Å². The zero-order valence-electron chi connectivity index (χ0n) is 6.55. The van der Waals surface area contributed by atoms with Gasteiger partial charge in [0.1, 0.15) is 0 Å². The minimum Gasteiger partial charge on any atom is -0.377 e. The van der Waals surface area contributed by atoms with Crippen molar-refractivity contribution < 1.29 is 4.74 Å². The third-order valence-corrected chi connectivity index (χ3v) is 2.39. The summed E-state index contributed by atoms with van der Waals surface area (Å²) < 4.78 is 5.59.